The molecule has 3 aromatic rings. The van der Waals surface area contributed by atoms with Crippen molar-refractivity contribution in [2.24, 2.45) is 5.10 Å². The zero-order valence-electron chi connectivity index (χ0n) is 11.8. The number of nitrogens with zero attached hydrogens (tertiary/aromatic N) is 3. The summed E-state index contributed by atoms with van der Waals surface area (Å²) < 4.78 is 5.11. The van der Waals surface area contributed by atoms with Crippen molar-refractivity contribution in [2.45, 2.75) is 0 Å². The topological polar surface area (TPSA) is 59.4 Å². The summed E-state index contributed by atoms with van der Waals surface area (Å²) in [7, 11) is 1.63. The standard InChI is InChI=1S/C16H13ClN4O/c1-22-12-8-6-11(7-9-12)10-18-20-16-14-5-3-2-4-13(14)15(17)19-21-16/h2-10H,1H3,(H,20,21)/b18-10+. The fourth-order valence-electron chi connectivity index (χ4n) is 2.01. The van der Waals surface area contributed by atoms with Crippen LogP contribution in [0, 0.1) is 0 Å². The lowest BCUT2D eigenvalue weighted by Crippen LogP contribution is -1.97. The zero-order valence-corrected chi connectivity index (χ0v) is 12.6. The van der Waals surface area contributed by atoms with Crippen LogP contribution in [0.1, 0.15) is 5.56 Å². The highest BCUT2D eigenvalue weighted by Gasteiger charge is 2.05. The predicted octanol–water partition coefficient (Wildman–Crippen LogP) is 3.74. The Morgan fingerprint density at radius 2 is 1.77 bits per heavy atom. The van der Waals surface area contributed by atoms with E-state index in [4.69, 9.17) is 16.3 Å². The zero-order chi connectivity index (χ0) is 15.4. The Kier molecular flexibility index (Phi) is 4.16. The van der Waals surface area contributed by atoms with Gasteiger partial charge in [-0.1, -0.05) is 35.9 Å². The Morgan fingerprint density at radius 1 is 1.05 bits per heavy atom. The summed E-state index contributed by atoms with van der Waals surface area (Å²) in [6.07, 6.45) is 1.70. The van der Waals surface area contributed by atoms with E-state index in [-0.39, 0.29) is 0 Å². The molecule has 0 fully saturated rings. The highest BCUT2D eigenvalue weighted by molar-refractivity contribution is 6.34. The lowest BCUT2D eigenvalue weighted by atomic mass is 10.2. The van der Waals surface area contributed by atoms with Gasteiger partial charge in [0.2, 0.25) is 0 Å². The number of aromatic nitrogens is 2. The van der Waals surface area contributed by atoms with Crippen molar-refractivity contribution in [3.05, 3.63) is 59.2 Å². The quantitative estimate of drug-likeness (QED) is 0.589. The summed E-state index contributed by atoms with van der Waals surface area (Å²) in [6.45, 7) is 0. The van der Waals surface area contributed by atoms with Crippen LogP contribution in [0.4, 0.5) is 5.82 Å². The molecule has 110 valence electrons. The Balaban J connectivity index is 1.81. The largest absolute Gasteiger partial charge is 0.497 e. The maximum Gasteiger partial charge on any atom is 0.176 e. The Bertz CT molecular complexity index is 818. The Morgan fingerprint density at radius 3 is 2.50 bits per heavy atom. The molecular weight excluding hydrogens is 300 g/mol. The maximum atomic E-state index is 6.04. The average molecular weight is 313 g/mol. The van der Waals surface area contributed by atoms with E-state index < -0.39 is 0 Å². The summed E-state index contributed by atoms with van der Waals surface area (Å²) in [5, 5.41) is 14.2. The first-order valence-corrected chi connectivity index (χ1v) is 7.00. The first-order valence-electron chi connectivity index (χ1n) is 6.62. The number of benzene rings is 2. The van der Waals surface area contributed by atoms with Crippen LogP contribution in [0.25, 0.3) is 10.8 Å². The summed E-state index contributed by atoms with van der Waals surface area (Å²) >= 11 is 6.04. The van der Waals surface area contributed by atoms with Crippen molar-refractivity contribution in [1.82, 2.24) is 10.2 Å². The molecule has 0 unspecified atom stereocenters. The minimum atomic E-state index is 0.375. The van der Waals surface area contributed by atoms with Crippen LogP contribution in [0.5, 0.6) is 5.75 Å². The molecule has 6 heteroatoms. The number of fused-ring (bicyclic) bond motifs is 1. The van der Waals surface area contributed by atoms with E-state index in [0.29, 0.717) is 11.0 Å². The average Bonchev–Trinajstić information content (AvgIpc) is 2.58. The van der Waals surface area contributed by atoms with Crippen LogP contribution < -0.4 is 10.2 Å². The third kappa shape index (κ3) is 2.99. The monoisotopic (exact) mass is 312 g/mol. The molecule has 22 heavy (non-hydrogen) atoms. The SMILES string of the molecule is COc1ccc(/C=N/Nc2nnc(Cl)c3ccccc23)cc1. The molecule has 5 nitrogen and oxygen atoms in total. The second-order valence-electron chi connectivity index (χ2n) is 4.53. The molecule has 3 rings (SSSR count). The Labute approximate surface area is 132 Å². The van der Waals surface area contributed by atoms with Crippen LogP contribution in [0.2, 0.25) is 5.15 Å². The van der Waals surface area contributed by atoms with Gasteiger partial charge >= 0.3 is 0 Å². The van der Waals surface area contributed by atoms with Gasteiger partial charge in [0.05, 0.1) is 13.3 Å². The molecule has 0 bridgehead atoms. The van der Waals surface area contributed by atoms with Crippen molar-refractivity contribution in [1.29, 1.82) is 0 Å². The van der Waals surface area contributed by atoms with Gasteiger partial charge in [0, 0.05) is 10.8 Å². The van der Waals surface area contributed by atoms with Crippen molar-refractivity contribution in [3.63, 3.8) is 0 Å². The number of nitrogens with one attached hydrogen (secondary N) is 1. The van der Waals surface area contributed by atoms with Crippen LogP contribution in [0.15, 0.2) is 53.6 Å². The normalized spacial score (nSPS) is 11.0. The lowest BCUT2D eigenvalue weighted by Gasteiger charge is -2.04. The molecule has 0 saturated heterocycles. The van der Waals surface area contributed by atoms with Crippen LogP contribution in [-0.2, 0) is 0 Å². The number of hydrogen-bond donors (Lipinski definition) is 1. The van der Waals surface area contributed by atoms with Gasteiger partial charge in [-0.25, -0.2) is 0 Å². The summed E-state index contributed by atoms with van der Waals surface area (Å²) in [6, 6.07) is 15.2. The second-order valence-corrected chi connectivity index (χ2v) is 4.89. The molecule has 1 heterocycles. The van der Waals surface area contributed by atoms with Crippen molar-refractivity contribution in [2.75, 3.05) is 12.5 Å². The van der Waals surface area contributed by atoms with E-state index in [0.717, 1.165) is 22.1 Å². The van der Waals surface area contributed by atoms with Crippen molar-refractivity contribution in [3.8, 4) is 5.75 Å². The van der Waals surface area contributed by atoms with E-state index in [1.807, 2.05) is 48.5 Å². The van der Waals surface area contributed by atoms with Gasteiger partial charge < -0.3 is 4.74 Å². The van der Waals surface area contributed by atoms with Crippen LogP contribution >= 0.6 is 11.6 Å². The highest BCUT2D eigenvalue weighted by Crippen LogP contribution is 2.25. The number of methoxy groups -OCH3 is 1. The molecule has 0 spiro atoms. The highest BCUT2D eigenvalue weighted by atomic mass is 35.5. The first kappa shape index (κ1) is 14.3. The molecule has 0 aliphatic heterocycles. The van der Waals surface area contributed by atoms with Gasteiger partial charge in [-0.15, -0.1) is 10.2 Å². The Hall–Kier alpha value is -2.66. The molecule has 0 amide bonds. The number of hydrogen-bond acceptors (Lipinski definition) is 5. The van der Waals surface area contributed by atoms with E-state index in [9.17, 15) is 0 Å². The molecule has 0 aliphatic carbocycles. The molecule has 1 aromatic heterocycles. The molecule has 1 N–H and O–H groups in total. The van der Waals surface area contributed by atoms with Gasteiger partial charge in [0.15, 0.2) is 11.0 Å². The molecule has 0 radical (unpaired) electrons. The number of halogens is 1. The summed E-state index contributed by atoms with van der Waals surface area (Å²) in [4.78, 5) is 0. The lowest BCUT2D eigenvalue weighted by molar-refractivity contribution is 0.415. The summed E-state index contributed by atoms with van der Waals surface area (Å²) in [5.74, 6) is 1.37. The van der Waals surface area contributed by atoms with Crippen molar-refractivity contribution < 1.29 is 4.74 Å². The number of anilines is 1. The van der Waals surface area contributed by atoms with Crippen LogP contribution in [-0.4, -0.2) is 23.5 Å². The maximum absolute atomic E-state index is 6.04. The molecule has 2 aromatic carbocycles. The number of rotatable bonds is 4. The van der Waals surface area contributed by atoms with Gasteiger partial charge in [-0.2, -0.15) is 5.10 Å². The fraction of sp³-hybridized carbons (Fsp3) is 0.0625. The van der Waals surface area contributed by atoms with E-state index in [2.05, 4.69) is 20.7 Å². The molecular formula is C16H13ClN4O. The minimum absolute atomic E-state index is 0.375. The molecule has 0 aliphatic rings. The predicted molar refractivity (Wildman–Crippen MR) is 88.8 cm³/mol. The molecule has 0 atom stereocenters. The van der Waals surface area contributed by atoms with Gasteiger partial charge in [0.25, 0.3) is 0 Å². The smallest absolute Gasteiger partial charge is 0.176 e. The minimum Gasteiger partial charge on any atom is -0.497 e. The molecule has 0 saturated carbocycles. The van der Waals surface area contributed by atoms with Gasteiger partial charge in [0.1, 0.15) is 5.75 Å². The second kappa shape index (κ2) is 6.41. The van der Waals surface area contributed by atoms with E-state index in [1.165, 1.54) is 0 Å². The van der Waals surface area contributed by atoms with E-state index in [1.54, 1.807) is 13.3 Å². The third-order valence-corrected chi connectivity index (χ3v) is 3.42. The number of ether oxygens (including phenoxy) is 1. The number of hydrazone groups is 1. The van der Waals surface area contributed by atoms with Gasteiger partial charge in [-0.05, 0) is 29.8 Å². The van der Waals surface area contributed by atoms with Crippen molar-refractivity contribution >= 4 is 34.4 Å². The fourth-order valence-corrected chi connectivity index (χ4v) is 2.21. The van der Waals surface area contributed by atoms with Crippen LogP contribution in [0.3, 0.4) is 0 Å². The third-order valence-electron chi connectivity index (χ3n) is 3.14. The first-order chi connectivity index (χ1) is 10.8. The van der Waals surface area contributed by atoms with E-state index >= 15 is 0 Å². The van der Waals surface area contributed by atoms with Gasteiger partial charge in [-0.3, -0.25) is 5.43 Å². The summed E-state index contributed by atoms with van der Waals surface area (Å²) in [5.41, 5.74) is 3.84.